The lowest BCUT2D eigenvalue weighted by Gasteiger charge is -2.03. The van der Waals surface area contributed by atoms with E-state index in [9.17, 15) is 9.90 Å². The monoisotopic (exact) mass is 278 g/mol. The Hall–Kier alpha value is -1.15. The summed E-state index contributed by atoms with van der Waals surface area (Å²) in [6.45, 7) is 8.11. The molecule has 0 bridgehead atoms. The Balaban J connectivity index is 4.04. The van der Waals surface area contributed by atoms with Gasteiger partial charge in [-0.05, 0) is 65.4 Å². The minimum Gasteiger partial charge on any atom is -0.392 e. The smallest absolute Gasteiger partial charge is 0.130 e. The Morgan fingerprint density at radius 2 is 1.45 bits per heavy atom. The molecule has 0 radical (unpaired) electrons. The van der Waals surface area contributed by atoms with Gasteiger partial charge in [0.1, 0.15) is 5.78 Å². The maximum absolute atomic E-state index is 10.9. The van der Waals surface area contributed by atoms with Crippen LogP contribution in [0.25, 0.3) is 0 Å². The van der Waals surface area contributed by atoms with E-state index in [-0.39, 0.29) is 12.4 Å². The molecule has 114 valence electrons. The molecule has 1 N–H and O–H groups in total. The molecule has 2 heteroatoms. The largest absolute Gasteiger partial charge is 0.392 e. The first-order valence-corrected chi connectivity index (χ1v) is 7.53. The van der Waals surface area contributed by atoms with E-state index in [0.717, 1.165) is 37.7 Å². The van der Waals surface area contributed by atoms with Crippen LogP contribution in [0.2, 0.25) is 0 Å². The van der Waals surface area contributed by atoms with E-state index < -0.39 is 0 Å². The third-order valence-corrected chi connectivity index (χ3v) is 3.18. The quantitative estimate of drug-likeness (QED) is 0.586. The van der Waals surface area contributed by atoms with Crippen LogP contribution in [0.5, 0.6) is 0 Å². The number of rotatable bonds is 10. The molecule has 0 rings (SSSR count). The fourth-order valence-corrected chi connectivity index (χ4v) is 1.92. The molecule has 0 atom stereocenters. The summed E-state index contributed by atoms with van der Waals surface area (Å²) in [7, 11) is 0. The number of allylic oxidation sites excluding steroid dienone is 5. The molecular weight excluding hydrogens is 248 g/mol. The molecule has 2 nitrogen and oxygen atoms in total. The van der Waals surface area contributed by atoms with E-state index in [4.69, 9.17) is 0 Å². The summed E-state index contributed by atoms with van der Waals surface area (Å²) in [4.78, 5) is 10.9. The van der Waals surface area contributed by atoms with Crippen molar-refractivity contribution in [1.29, 1.82) is 0 Å². The zero-order valence-electron chi connectivity index (χ0n) is 13.5. The molecule has 20 heavy (non-hydrogen) atoms. The number of carbonyl (C=O) groups excluding carboxylic acids is 1. The summed E-state index contributed by atoms with van der Waals surface area (Å²) in [5.74, 6) is 0.202. The molecule has 0 aromatic heterocycles. The van der Waals surface area contributed by atoms with Crippen molar-refractivity contribution >= 4 is 5.78 Å². The first-order valence-electron chi connectivity index (χ1n) is 7.53. The molecule has 0 aromatic carbocycles. The summed E-state index contributed by atoms with van der Waals surface area (Å²) in [5.41, 5.74) is 3.82. The van der Waals surface area contributed by atoms with E-state index >= 15 is 0 Å². The highest BCUT2D eigenvalue weighted by Gasteiger charge is 1.97. The Morgan fingerprint density at radius 1 is 0.850 bits per heavy atom. The Kier molecular flexibility index (Phi) is 11.0. The molecule has 0 saturated heterocycles. The van der Waals surface area contributed by atoms with Gasteiger partial charge in [0.15, 0.2) is 0 Å². The van der Waals surface area contributed by atoms with Crippen molar-refractivity contribution in [1.82, 2.24) is 0 Å². The lowest BCUT2D eigenvalue weighted by molar-refractivity contribution is -0.116. The molecule has 0 aliphatic carbocycles. The van der Waals surface area contributed by atoms with E-state index in [1.165, 1.54) is 11.1 Å². The highest BCUT2D eigenvalue weighted by molar-refractivity contribution is 5.75. The van der Waals surface area contributed by atoms with E-state index in [2.05, 4.69) is 32.9 Å². The van der Waals surface area contributed by atoms with Crippen LogP contribution in [-0.2, 0) is 4.79 Å². The van der Waals surface area contributed by atoms with Gasteiger partial charge in [-0.15, -0.1) is 0 Å². The molecule has 0 aliphatic heterocycles. The predicted molar refractivity (Wildman–Crippen MR) is 86.7 cm³/mol. The molecule has 0 aliphatic rings. The van der Waals surface area contributed by atoms with Crippen LogP contribution >= 0.6 is 0 Å². The third-order valence-electron chi connectivity index (χ3n) is 3.18. The van der Waals surface area contributed by atoms with Crippen molar-refractivity contribution in [2.75, 3.05) is 6.61 Å². The average Bonchev–Trinajstić information content (AvgIpc) is 2.36. The van der Waals surface area contributed by atoms with Gasteiger partial charge in [0.2, 0.25) is 0 Å². The van der Waals surface area contributed by atoms with Crippen molar-refractivity contribution in [2.24, 2.45) is 0 Å². The molecule has 0 heterocycles. The fourth-order valence-electron chi connectivity index (χ4n) is 1.92. The van der Waals surface area contributed by atoms with E-state index in [0.29, 0.717) is 6.42 Å². The number of aliphatic hydroxyl groups is 1. The Bertz CT molecular complexity index is 369. The SMILES string of the molecule is CC(=O)CC/C=C(/CO)CC/C=C(\C)CCC=C(C)C. The highest BCUT2D eigenvalue weighted by atomic mass is 16.3. The highest BCUT2D eigenvalue weighted by Crippen LogP contribution is 2.12. The number of hydrogen-bond donors (Lipinski definition) is 1. The predicted octanol–water partition coefficient (Wildman–Crippen LogP) is 4.75. The number of carbonyl (C=O) groups is 1. The van der Waals surface area contributed by atoms with Gasteiger partial charge in [0.25, 0.3) is 0 Å². The second-order valence-electron chi connectivity index (χ2n) is 5.67. The van der Waals surface area contributed by atoms with Crippen molar-refractivity contribution in [3.63, 3.8) is 0 Å². The summed E-state index contributed by atoms with van der Waals surface area (Å²) >= 11 is 0. The standard InChI is InChI=1S/C18H30O2/c1-15(2)8-5-9-16(3)10-6-12-18(14-19)13-7-11-17(4)20/h8,10,13,19H,5-7,9,11-12,14H2,1-4H3/b16-10+,18-13+. The van der Waals surface area contributed by atoms with E-state index in [1.807, 2.05) is 6.08 Å². The van der Waals surface area contributed by atoms with Gasteiger partial charge in [-0.25, -0.2) is 0 Å². The van der Waals surface area contributed by atoms with Crippen molar-refractivity contribution in [3.8, 4) is 0 Å². The summed E-state index contributed by atoms with van der Waals surface area (Å²) < 4.78 is 0. The number of hydrogen-bond acceptors (Lipinski definition) is 2. The molecule has 0 aromatic rings. The third kappa shape index (κ3) is 11.9. The lowest BCUT2D eigenvalue weighted by Crippen LogP contribution is -1.93. The first-order chi connectivity index (χ1) is 9.45. The maximum atomic E-state index is 10.9. The fraction of sp³-hybridized carbons (Fsp3) is 0.611. The molecule has 0 spiro atoms. The average molecular weight is 278 g/mol. The normalized spacial score (nSPS) is 12.4. The van der Waals surface area contributed by atoms with Gasteiger partial charge >= 0.3 is 0 Å². The number of Topliss-reactive ketones (excluding diaryl/α,β-unsaturated/α-hetero) is 1. The second kappa shape index (κ2) is 11.7. The van der Waals surface area contributed by atoms with Gasteiger partial charge in [-0.3, -0.25) is 0 Å². The van der Waals surface area contributed by atoms with Gasteiger partial charge in [-0.1, -0.05) is 29.4 Å². The zero-order valence-corrected chi connectivity index (χ0v) is 13.5. The second-order valence-corrected chi connectivity index (χ2v) is 5.67. The number of aliphatic hydroxyl groups excluding tert-OH is 1. The summed E-state index contributed by atoms with van der Waals surface area (Å²) in [6.07, 6.45) is 11.9. The van der Waals surface area contributed by atoms with Crippen LogP contribution in [0.3, 0.4) is 0 Å². The van der Waals surface area contributed by atoms with Gasteiger partial charge in [0, 0.05) is 6.42 Å². The minimum absolute atomic E-state index is 0.0998. The molecule has 0 fully saturated rings. The van der Waals surface area contributed by atoms with Crippen LogP contribution in [0.4, 0.5) is 0 Å². The molecule has 0 saturated carbocycles. The van der Waals surface area contributed by atoms with Crippen molar-refractivity contribution < 1.29 is 9.90 Å². The van der Waals surface area contributed by atoms with Crippen LogP contribution in [0.15, 0.2) is 34.9 Å². The van der Waals surface area contributed by atoms with Crippen LogP contribution in [0.1, 0.15) is 66.2 Å². The summed E-state index contributed by atoms with van der Waals surface area (Å²) in [5, 5.41) is 9.28. The lowest BCUT2D eigenvalue weighted by atomic mass is 10.0. The zero-order chi connectivity index (χ0) is 15.4. The van der Waals surface area contributed by atoms with Crippen LogP contribution in [0, 0.1) is 0 Å². The Labute approximate surface area is 124 Å². The Morgan fingerprint density at radius 3 is 2.00 bits per heavy atom. The molecule has 0 unspecified atom stereocenters. The van der Waals surface area contributed by atoms with Crippen LogP contribution in [-0.4, -0.2) is 17.5 Å². The van der Waals surface area contributed by atoms with Crippen LogP contribution < -0.4 is 0 Å². The minimum atomic E-state index is 0.0998. The van der Waals surface area contributed by atoms with Gasteiger partial charge < -0.3 is 9.90 Å². The first kappa shape index (κ1) is 18.9. The van der Waals surface area contributed by atoms with Crippen molar-refractivity contribution in [3.05, 3.63) is 34.9 Å². The molecular formula is C18H30O2. The van der Waals surface area contributed by atoms with Gasteiger partial charge in [-0.2, -0.15) is 0 Å². The van der Waals surface area contributed by atoms with Crippen molar-refractivity contribution in [2.45, 2.75) is 66.2 Å². The topological polar surface area (TPSA) is 37.3 Å². The maximum Gasteiger partial charge on any atom is 0.130 e. The van der Waals surface area contributed by atoms with Gasteiger partial charge in [0.05, 0.1) is 6.61 Å². The molecule has 0 amide bonds. The van der Waals surface area contributed by atoms with E-state index in [1.54, 1.807) is 6.92 Å². The summed E-state index contributed by atoms with van der Waals surface area (Å²) in [6, 6.07) is 0. The number of ketones is 1.